The molecule has 3 N–H and O–H groups in total. The summed E-state index contributed by atoms with van der Waals surface area (Å²) < 4.78 is 0. The molecule has 1 aromatic carbocycles. The summed E-state index contributed by atoms with van der Waals surface area (Å²) in [7, 11) is 0. The van der Waals surface area contributed by atoms with Crippen molar-refractivity contribution in [2.24, 2.45) is 0 Å². The van der Waals surface area contributed by atoms with E-state index in [4.69, 9.17) is 5.11 Å². The molecule has 0 unspecified atom stereocenters. The lowest BCUT2D eigenvalue weighted by Crippen LogP contribution is -3.15. The van der Waals surface area contributed by atoms with Crippen molar-refractivity contribution in [3.05, 3.63) is 35.9 Å². The molecule has 1 saturated heterocycles. The van der Waals surface area contributed by atoms with E-state index in [2.05, 4.69) is 0 Å². The molecular formula is C18H27NO4. The molecule has 23 heavy (non-hydrogen) atoms. The summed E-state index contributed by atoms with van der Waals surface area (Å²) in [6.45, 7) is 2.61. The van der Waals surface area contributed by atoms with Crippen LogP contribution >= 0.6 is 0 Å². The molecule has 1 aliphatic heterocycles. The monoisotopic (exact) mass is 321 g/mol. The molecule has 0 spiro atoms. The first-order valence-electron chi connectivity index (χ1n) is 8.56. The van der Waals surface area contributed by atoms with Gasteiger partial charge in [-0.3, -0.25) is 0 Å². The van der Waals surface area contributed by atoms with Crippen molar-refractivity contribution in [1.82, 2.24) is 0 Å². The number of carboxylic acid groups (broad SMARTS) is 1. The van der Waals surface area contributed by atoms with Crippen molar-refractivity contribution in [3.63, 3.8) is 0 Å². The van der Waals surface area contributed by atoms with Crippen LogP contribution in [0.25, 0.3) is 0 Å². The van der Waals surface area contributed by atoms with Crippen LogP contribution in [0.3, 0.4) is 0 Å². The quantitative estimate of drug-likeness (QED) is 0.697. The molecule has 0 radical (unpaired) electrons. The van der Waals surface area contributed by atoms with Crippen molar-refractivity contribution >= 4 is 5.97 Å². The maximum atomic E-state index is 10.1. The standard InChI is InChI=1S/C10H19NO.C8H8O3/c12-10-6-2-1-5-9(10)11-7-3-4-8-11;9-7(8(10)11)6-4-2-1-3-5-6/h9-10,12H,1-8H2;1-5,7,9H,(H,10,11)/t9-,10-;7-/m00/s1. The van der Waals surface area contributed by atoms with Gasteiger partial charge in [0.05, 0.1) is 19.1 Å². The Morgan fingerprint density at radius 3 is 2.26 bits per heavy atom. The van der Waals surface area contributed by atoms with Crippen molar-refractivity contribution in [2.75, 3.05) is 13.1 Å². The Bertz CT molecular complexity index is 473. The molecular weight excluding hydrogens is 294 g/mol. The third-order valence-electron chi connectivity index (χ3n) is 4.84. The molecule has 1 saturated carbocycles. The second-order valence-corrected chi connectivity index (χ2v) is 6.46. The van der Waals surface area contributed by atoms with Crippen LogP contribution in [0.5, 0.6) is 0 Å². The summed E-state index contributed by atoms with van der Waals surface area (Å²) in [6, 6.07) is 8.69. The number of nitrogens with one attached hydrogen (secondary N) is 1. The summed E-state index contributed by atoms with van der Waals surface area (Å²) in [5.41, 5.74) is 0.340. The number of carbonyl (C=O) groups is 1. The van der Waals surface area contributed by atoms with E-state index in [1.54, 1.807) is 23.1 Å². The third kappa shape index (κ3) is 5.30. The van der Waals surface area contributed by atoms with E-state index in [-0.39, 0.29) is 6.10 Å². The molecule has 5 heteroatoms. The van der Waals surface area contributed by atoms with Crippen LogP contribution in [0.1, 0.15) is 50.2 Å². The number of aliphatic hydroxyl groups excluding tert-OH is 2. The first-order valence-corrected chi connectivity index (χ1v) is 8.56. The Kier molecular flexibility index (Phi) is 7.02. The number of aliphatic carboxylic acids is 1. The molecule has 0 aromatic heterocycles. The average molecular weight is 321 g/mol. The lowest BCUT2D eigenvalue weighted by molar-refractivity contribution is -0.918. The van der Waals surface area contributed by atoms with Crippen LogP contribution in [0.15, 0.2) is 30.3 Å². The summed E-state index contributed by atoms with van der Waals surface area (Å²) in [4.78, 5) is 11.8. The lowest BCUT2D eigenvalue weighted by Gasteiger charge is -2.31. The predicted molar refractivity (Wildman–Crippen MR) is 84.6 cm³/mol. The van der Waals surface area contributed by atoms with Gasteiger partial charge in [0.25, 0.3) is 0 Å². The van der Waals surface area contributed by atoms with E-state index in [1.165, 1.54) is 57.3 Å². The number of benzene rings is 1. The second-order valence-electron chi connectivity index (χ2n) is 6.46. The highest BCUT2D eigenvalue weighted by molar-refractivity contribution is 5.71. The minimum absolute atomic E-state index is 0.00634. The summed E-state index contributed by atoms with van der Waals surface area (Å²) in [6.07, 6.45) is 6.13. The highest BCUT2D eigenvalue weighted by Crippen LogP contribution is 2.17. The maximum Gasteiger partial charge on any atom is 0.118 e. The summed E-state index contributed by atoms with van der Waals surface area (Å²) in [5, 5.41) is 28.9. The fourth-order valence-corrected chi connectivity index (χ4v) is 3.56. The van der Waals surface area contributed by atoms with Gasteiger partial charge in [-0.25, -0.2) is 0 Å². The molecule has 0 bridgehead atoms. The molecule has 5 nitrogen and oxygen atoms in total. The Morgan fingerprint density at radius 2 is 1.70 bits per heavy atom. The molecule has 2 fully saturated rings. The minimum Gasteiger partial charge on any atom is -0.547 e. The zero-order chi connectivity index (χ0) is 16.7. The summed E-state index contributed by atoms with van der Waals surface area (Å²) >= 11 is 0. The first-order chi connectivity index (χ1) is 11.1. The molecule has 3 rings (SSSR count). The van der Waals surface area contributed by atoms with Gasteiger partial charge in [-0.2, -0.15) is 0 Å². The molecule has 1 aromatic rings. The predicted octanol–water partition coefficient (Wildman–Crippen LogP) is -0.561. The number of aliphatic hydroxyl groups is 2. The van der Waals surface area contributed by atoms with Gasteiger partial charge in [0.15, 0.2) is 0 Å². The second kappa shape index (κ2) is 9.01. The molecule has 128 valence electrons. The van der Waals surface area contributed by atoms with Crippen LogP contribution in [-0.4, -0.2) is 41.4 Å². The van der Waals surface area contributed by atoms with E-state index in [9.17, 15) is 15.0 Å². The Hall–Kier alpha value is -1.43. The van der Waals surface area contributed by atoms with Crippen LogP contribution in [-0.2, 0) is 4.79 Å². The number of carbonyl (C=O) groups excluding carboxylic acids is 1. The SMILES string of the molecule is O=C([O-])[C@@H](O)c1ccccc1.O[C@H]1CCCC[C@@H]1[NH+]1CCCC1. The van der Waals surface area contributed by atoms with Gasteiger partial charge in [0.1, 0.15) is 18.2 Å². The van der Waals surface area contributed by atoms with Gasteiger partial charge in [-0.1, -0.05) is 36.8 Å². The van der Waals surface area contributed by atoms with Gasteiger partial charge in [-0.15, -0.1) is 0 Å². The fraction of sp³-hybridized carbons (Fsp3) is 0.611. The van der Waals surface area contributed by atoms with E-state index in [1.807, 2.05) is 0 Å². The van der Waals surface area contributed by atoms with Crippen molar-refractivity contribution in [1.29, 1.82) is 0 Å². The summed E-state index contributed by atoms with van der Waals surface area (Å²) in [5.74, 6) is -1.48. The number of carboxylic acids is 1. The zero-order valence-corrected chi connectivity index (χ0v) is 13.5. The van der Waals surface area contributed by atoms with Crippen molar-refractivity contribution in [3.8, 4) is 0 Å². The highest BCUT2D eigenvalue weighted by Gasteiger charge is 2.33. The number of likely N-dealkylation sites (tertiary alicyclic amines) is 1. The number of rotatable bonds is 3. The maximum absolute atomic E-state index is 10.1. The van der Waals surface area contributed by atoms with Crippen LogP contribution in [0.4, 0.5) is 0 Å². The largest absolute Gasteiger partial charge is 0.547 e. The number of hydrogen-bond donors (Lipinski definition) is 3. The lowest BCUT2D eigenvalue weighted by atomic mass is 9.91. The number of hydrogen-bond acceptors (Lipinski definition) is 4. The smallest absolute Gasteiger partial charge is 0.118 e. The van der Waals surface area contributed by atoms with E-state index >= 15 is 0 Å². The average Bonchev–Trinajstić information content (AvgIpc) is 3.10. The Morgan fingerprint density at radius 1 is 1.09 bits per heavy atom. The third-order valence-corrected chi connectivity index (χ3v) is 4.84. The topological polar surface area (TPSA) is 85.0 Å². The van der Waals surface area contributed by atoms with Crippen LogP contribution < -0.4 is 10.0 Å². The van der Waals surface area contributed by atoms with E-state index in [0.717, 1.165) is 6.42 Å². The van der Waals surface area contributed by atoms with Gasteiger partial charge in [-0.05, 0) is 18.4 Å². The van der Waals surface area contributed by atoms with Gasteiger partial charge in [0, 0.05) is 19.3 Å². The fourth-order valence-electron chi connectivity index (χ4n) is 3.56. The highest BCUT2D eigenvalue weighted by atomic mass is 16.4. The Balaban J connectivity index is 0.000000168. The molecule has 3 atom stereocenters. The van der Waals surface area contributed by atoms with E-state index in [0.29, 0.717) is 11.6 Å². The van der Waals surface area contributed by atoms with Crippen molar-refractivity contribution < 1.29 is 25.0 Å². The van der Waals surface area contributed by atoms with Crippen LogP contribution in [0.2, 0.25) is 0 Å². The number of quaternary nitrogens is 1. The van der Waals surface area contributed by atoms with Crippen LogP contribution in [0, 0.1) is 0 Å². The van der Waals surface area contributed by atoms with E-state index < -0.39 is 12.1 Å². The molecule has 1 aliphatic carbocycles. The normalized spacial score (nSPS) is 26.2. The zero-order valence-electron chi connectivity index (χ0n) is 13.5. The van der Waals surface area contributed by atoms with Crippen molar-refractivity contribution in [2.45, 2.75) is 56.8 Å². The van der Waals surface area contributed by atoms with Gasteiger partial charge >= 0.3 is 0 Å². The van der Waals surface area contributed by atoms with Gasteiger partial charge in [0.2, 0.25) is 0 Å². The molecule has 2 aliphatic rings. The minimum atomic E-state index is -1.52. The van der Waals surface area contributed by atoms with Gasteiger partial charge < -0.3 is 25.0 Å². The Labute approximate surface area is 137 Å². The molecule has 0 amide bonds. The first kappa shape index (κ1) is 17.9. The molecule has 1 heterocycles.